The lowest BCUT2D eigenvalue weighted by atomic mass is 10.0. The predicted octanol–water partition coefficient (Wildman–Crippen LogP) is 2.80. The van der Waals surface area contributed by atoms with Crippen LogP contribution in [0.3, 0.4) is 0 Å². The fraction of sp³-hybridized carbons (Fsp3) is 0.300. The van der Waals surface area contributed by atoms with Gasteiger partial charge in [0.1, 0.15) is 5.82 Å². The highest BCUT2D eigenvalue weighted by Gasteiger charge is 2.26. The van der Waals surface area contributed by atoms with Gasteiger partial charge in [-0.1, -0.05) is 12.1 Å². The Labute approximate surface area is 165 Å². The third-order valence-electron chi connectivity index (χ3n) is 5.15. The van der Waals surface area contributed by atoms with Gasteiger partial charge < -0.3 is 14.8 Å². The number of quaternary nitrogens is 1. The molecular weight excluding hydrogens is 411 g/mol. The quantitative estimate of drug-likeness (QED) is 0.667. The van der Waals surface area contributed by atoms with Crippen LogP contribution in [0.5, 0.6) is 0 Å². The van der Waals surface area contributed by atoms with Gasteiger partial charge in [-0.05, 0) is 40.2 Å². The molecule has 1 aliphatic rings. The zero-order valence-corrected chi connectivity index (χ0v) is 16.4. The van der Waals surface area contributed by atoms with Crippen molar-refractivity contribution in [3.63, 3.8) is 0 Å². The van der Waals surface area contributed by atoms with E-state index in [1.165, 1.54) is 17.0 Å². The molecule has 7 heteroatoms. The lowest BCUT2D eigenvalue weighted by Crippen LogP contribution is -3.14. The molecule has 0 bridgehead atoms. The fourth-order valence-electron chi connectivity index (χ4n) is 3.75. The van der Waals surface area contributed by atoms with Gasteiger partial charge in [0.25, 0.3) is 5.91 Å². The number of hydrogen-bond donors (Lipinski definition) is 2. The second-order valence-electron chi connectivity index (χ2n) is 6.97. The average Bonchev–Trinajstić information content (AvgIpc) is 3.07. The van der Waals surface area contributed by atoms with Crippen LogP contribution < -0.4 is 10.2 Å². The number of para-hydroxylation sites is 1. The first kappa shape index (κ1) is 18.1. The molecule has 3 aromatic rings. The van der Waals surface area contributed by atoms with Gasteiger partial charge in [-0.3, -0.25) is 4.79 Å². The first-order valence-corrected chi connectivity index (χ1v) is 9.89. The highest BCUT2D eigenvalue weighted by Crippen LogP contribution is 2.24. The fourth-order valence-corrected chi connectivity index (χ4v) is 4.13. The number of anilines is 1. The normalized spacial score (nSPS) is 19.9. The molecule has 0 saturated carbocycles. The van der Waals surface area contributed by atoms with Crippen LogP contribution in [0.25, 0.3) is 11.0 Å². The number of aromatic nitrogens is 2. The molecule has 1 fully saturated rings. The van der Waals surface area contributed by atoms with Crippen LogP contribution in [0.4, 0.5) is 10.1 Å². The van der Waals surface area contributed by atoms with Crippen LogP contribution in [0.2, 0.25) is 0 Å². The van der Waals surface area contributed by atoms with E-state index in [2.05, 4.69) is 30.8 Å². The maximum absolute atomic E-state index is 13.3. The van der Waals surface area contributed by atoms with Crippen molar-refractivity contribution in [2.75, 3.05) is 25.0 Å². The molecule has 5 nitrogen and oxygen atoms in total. The van der Waals surface area contributed by atoms with E-state index in [1.54, 1.807) is 12.4 Å². The molecule has 0 spiro atoms. The molecule has 2 N–H and O–H groups in total. The van der Waals surface area contributed by atoms with Crippen LogP contribution in [0.1, 0.15) is 18.9 Å². The number of halogens is 2. The second kappa shape index (κ2) is 7.78. The number of nitrogens with zero attached hydrogens (tertiary/aromatic N) is 2. The van der Waals surface area contributed by atoms with Gasteiger partial charge in [0.15, 0.2) is 6.54 Å². The molecule has 1 aromatic heterocycles. The lowest BCUT2D eigenvalue weighted by molar-refractivity contribution is -0.897. The van der Waals surface area contributed by atoms with Crippen molar-refractivity contribution >= 4 is 38.6 Å². The number of amides is 1. The lowest BCUT2D eigenvalue weighted by Gasteiger charge is -2.30. The predicted molar refractivity (Wildman–Crippen MR) is 106 cm³/mol. The van der Waals surface area contributed by atoms with Gasteiger partial charge in [0.2, 0.25) is 0 Å². The van der Waals surface area contributed by atoms with Gasteiger partial charge >= 0.3 is 0 Å². The molecule has 1 saturated heterocycles. The van der Waals surface area contributed by atoms with E-state index >= 15 is 0 Å². The van der Waals surface area contributed by atoms with E-state index in [9.17, 15) is 9.18 Å². The molecule has 0 atom stereocenters. The topological polar surface area (TPSA) is 51.4 Å². The van der Waals surface area contributed by atoms with Crippen LogP contribution >= 0.6 is 15.9 Å². The Morgan fingerprint density at radius 3 is 2.81 bits per heavy atom. The Balaban J connectivity index is 1.34. The summed E-state index contributed by atoms with van der Waals surface area (Å²) < 4.78 is 16.4. The standard InChI is InChI=1S/C20H20BrFN4O/c21-16-3-1-2-4-17(16)24-20(27)12-25-9-7-15(8-10-25)26-13-23-18-11-14(22)5-6-19(18)26/h1-6,11,13,15H,7-10,12H2,(H,24,27)/p+1. The van der Waals surface area contributed by atoms with E-state index in [0.29, 0.717) is 18.1 Å². The first-order chi connectivity index (χ1) is 13.1. The van der Waals surface area contributed by atoms with Crippen molar-refractivity contribution < 1.29 is 14.1 Å². The maximum atomic E-state index is 13.3. The number of benzene rings is 2. The Morgan fingerprint density at radius 1 is 1.26 bits per heavy atom. The maximum Gasteiger partial charge on any atom is 0.279 e. The van der Waals surface area contributed by atoms with Gasteiger partial charge in [0.05, 0.1) is 36.1 Å². The van der Waals surface area contributed by atoms with Crippen LogP contribution in [-0.2, 0) is 4.79 Å². The zero-order chi connectivity index (χ0) is 18.8. The van der Waals surface area contributed by atoms with Crippen molar-refractivity contribution in [2.24, 2.45) is 0 Å². The molecule has 140 valence electrons. The van der Waals surface area contributed by atoms with Gasteiger partial charge in [-0.2, -0.15) is 0 Å². The van der Waals surface area contributed by atoms with E-state index in [-0.39, 0.29) is 11.7 Å². The first-order valence-electron chi connectivity index (χ1n) is 9.10. The number of piperidine rings is 1. The van der Waals surface area contributed by atoms with Gasteiger partial charge in [-0.15, -0.1) is 0 Å². The van der Waals surface area contributed by atoms with Gasteiger partial charge in [0, 0.05) is 29.4 Å². The summed E-state index contributed by atoms with van der Waals surface area (Å²) in [4.78, 5) is 18.0. The highest BCUT2D eigenvalue weighted by atomic mass is 79.9. The van der Waals surface area contributed by atoms with Crippen LogP contribution in [0.15, 0.2) is 53.3 Å². The van der Waals surface area contributed by atoms with Crippen molar-refractivity contribution in [3.05, 3.63) is 59.1 Å². The highest BCUT2D eigenvalue weighted by molar-refractivity contribution is 9.10. The number of hydrogen-bond acceptors (Lipinski definition) is 2. The minimum Gasteiger partial charge on any atom is -0.327 e. The summed E-state index contributed by atoms with van der Waals surface area (Å²) in [5.74, 6) is -0.234. The van der Waals surface area contributed by atoms with Crippen molar-refractivity contribution in [1.29, 1.82) is 0 Å². The second-order valence-corrected chi connectivity index (χ2v) is 7.83. The Kier molecular flexibility index (Phi) is 5.22. The van der Waals surface area contributed by atoms with Crippen molar-refractivity contribution in [2.45, 2.75) is 18.9 Å². The van der Waals surface area contributed by atoms with Gasteiger partial charge in [-0.25, -0.2) is 9.37 Å². The Bertz CT molecular complexity index is 966. The molecule has 27 heavy (non-hydrogen) atoms. The zero-order valence-electron chi connectivity index (χ0n) is 14.8. The summed E-state index contributed by atoms with van der Waals surface area (Å²) >= 11 is 3.45. The summed E-state index contributed by atoms with van der Waals surface area (Å²) in [5, 5.41) is 2.97. The molecule has 4 rings (SSSR count). The van der Waals surface area contributed by atoms with E-state index < -0.39 is 0 Å². The molecule has 0 radical (unpaired) electrons. The summed E-state index contributed by atoms with van der Waals surface area (Å²) in [7, 11) is 0. The summed E-state index contributed by atoms with van der Waals surface area (Å²) in [6.07, 6.45) is 3.75. The van der Waals surface area contributed by atoms with Crippen LogP contribution in [0, 0.1) is 5.82 Å². The number of rotatable bonds is 4. The minimum absolute atomic E-state index is 0.0268. The average molecular weight is 432 g/mol. The molecule has 1 amide bonds. The third-order valence-corrected chi connectivity index (χ3v) is 5.84. The third kappa shape index (κ3) is 4.04. The van der Waals surface area contributed by atoms with Crippen molar-refractivity contribution in [1.82, 2.24) is 9.55 Å². The minimum atomic E-state index is -0.261. The van der Waals surface area contributed by atoms with Crippen molar-refractivity contribution in [3.8, 4) is 0 Å². The van der Waals surface area contributed by atoms with E-state index in [0.717, 1.165) is 41.6 Å². The SMILES string of the molecule is O=C(C[NH+]1CCC(n2cnc3cc(F)ccc32)CC1)Nc1ccccc1Br. The Hall–Kier alpha value is -2.25. The molecule has 2 aromatic carbocycles. The smallest absolute Gasteiger partial charge is 0.279 e. The summed E-state index contributed by atoms with van der Waals surface area (Å²) in [6.45, 7) is 2.31. The Morgan fingerprint density at radius 2 is 2.04 bits per heavy atom. The number of carbonyl (C=O) groups excluding carboxylic acids is 1. The summed E-state index contributed by atoms with van der Waals surface area (Å²) in [5.41, 5.74) is 2.46. The molecule has 1 aliphatic heterocycles. The van der Waals surface area contributed by atoms with E-state index in [4.69, 9.17) is 0 Å². The largest absolute Gasteiger partial charge is 0.327 e. The number of fused-ring (bicyclic) bond motifs is 1. The number of imidazole rings is 1. The number of carbonyl (C=O) groups is 1. The summed E-state index contributed by atoms with van der Waals surface area (Å²) in [6, 6.07) is 12.7. The van der Waals surface area contributed by atoms with Crippen LogP contribution in [-0.4, -0.2) is 35.1 Å². The molecule has 2 heterocycles. The number of nitrogens with one attached hydrogen (secondary N) is 2. The molecule has 0 aliphatic carbocycles. The number of likely N-dealkylation sites (tertiary alicyclic amines) is 1. The molecular formula is C20H21BrFN4O+. The monoisotopic (exact) mass is 431 g/mol. The molecule has 0 unspecified atom stereocenters. The van der Waals surface area contributed by atoms with E-state index in [1.807, 2.05) is 24.3 Å².